The number of nitrogens with one attached hydrogen (secondary N) is 6. The number of unbranched alkanes of at least 4 members (excludes halogenated alkanes) is 2. The first-order chi connectivity index (χ1) is 28.8. The molecule has 0 saturated carbocycles. The van der Waals surface area contributed by atoms with Gasteiger partial charge in [0.05, 0.1) is 5.92 Å². The fourth-order valence-corrected chi connectivity index (χ4v) is 5.87. The molecule has 1 fully saturated rings. The first-order valence-corrected chi connectivity index (χ1v) is 20.1. The smallest absolute Gasteiger partial charge is 0.312 e. The van der Waals surface area contributed by atoms with E-state index < -0.39 is 96.3 Å². The maximum Gasteiger partial charge on any atom is 0.312 e. The molecule has 2 rings (SSSR count). The lowest BCUT2D eigenvalue weighted by Crippen LogP contribution is -2.57. The molecule has 1 saturated heterocycles. The van der Waals surface area contributed by atoms with Crippen LogP contribution in [0.5, 0.6) is 0 Å². The molecule has 1 heterocycles. The number of anilines is 1. The van der Waals surface area contributed by atoms with Crippen molar-refractivity contribution < 1.29 is 57.8 Å². The number of esters is 1. The van der Waals surface area contributed by atoms with Gasteiger partial charge in [-0.05, 0) is 55.7 Å². The number of imide groups is 1. The molecule has 0 bridgehead atoms. The molecular weight excluding hydrogens is 796 g/mol. The van der Waals surface area contributed by atoms with E-state index in [1.807, 2.05) is 0 Å². The van der Waals surface area contributed by atoms with E-state index in [2.05, 4.69) is 37.8 Å². The minimum atomic E-state index is -1.32. The molecule has 9 N–H and O–H groups in total. The largest absolute Gasteiger partial charge is 0.481 e. The predicted octanol–water partition coefficient (Wildman–Crippen LogP) is 0.433. The van der Waals surface area contributed by atoms with E-state index in [-0.39, 0.29) is 63.7 Å². The van der Waals surface area contributed by atoms with Crippen molar-refractivity contribution >= 4 is 65.0 Å². The monoisotopic (exact) mass is 854 g/mol. The van der Waals surface area contributed by atoms with Crippen LogP contribution in [0.1, 0.15) is 91.0 Å². The number of benzene rings is 1. The van der Waals surface area contributed by atoms with Gasteiger partial charge in [-0.15, -0.1) is 6.42 Å². The molecule has 4 atom stereocenters. The van der Waals surface area contributed by atoms with E-state index in [1.165, 1.54) is 0 Å². The third kappa shape index (κ3) is 18.5. The summed E-state index contributed by atoms with van der Waals surface area (Å²) in [5.41, 5.74) is 6.21. The molecule has 0 spiro atoms. The van der Waals surface area contributed by atoms with Crippen LogP contribution in [0.4, 0.5) is 10.5 Å². The van der Waals surface area contributed by atoms with Crippen LogP contribution >= 0.6 is 0 Å². The molecule has 20 nitrogen and oxygen atoms in total. The number of ether oxygens (including phenoxy) is 1. The number of likely N-dealkylation sites (tertiary alicyclic amines) is 1. The van der Waals surface area contributed by atoms with Crippen LogP contribution in [0.25, 0.3) is 0 Å². The Hall–Kier alpha value is -6.52. The number of urea groups is 1. The standard InChI is InChI=1S/C41H58N8O12/c1-6-27-21-33(52)49(39(27)58)22-32(51)43-19-9-7-8-12-31(50)46-30(17-18-34(53)54)37(56)48-35(24(2)3)38(57)47-29(11-10-20-44-41(42)60)36(55)45-28-15-13-26(14-16-28)23-61-40(59)25(4)5/h1,13-16,24-25,27,29-30,35H,7-12,17-23H2,2-5H3,(H,43,51)(H,45,55)(H,46,50)(H,47,57)(H,48,56)(H,53,54)(H3,42,44,60)/t27?,29-,30-,35-/m0/s1. The molecule has 1 aliphatic heterocycles. The first-order valence-electron chi connectivity index (χ1n) is 20.1. The van der Waals surface area contributed by atoms with Gasteiger partial charge in [0.15, 0.2) is 0 Å². The van der Waals surface area contributed by atoms with Crippen molar-refractivity contribution in [3.8, 4) is 12.3 Å². The molecule has 1 aromatic carbocycles. The number of terminal acetylenes is 1. The average molecular weight is 855 g/mol. The number of hydrogen-bond acceptors (Lipinski definition) is 11. The van der Waals surface area contributed by atoms with Gasteiger partial charge in [-0.1, -0.05) is 52.2 Å². The Morgan fingerprint density at radius 1 is 0.820 bits per heavy atom. The normalized spacial score (nSPS) is 14.9. The van der Waals surface area contributed by atoms with Gasteiger partial charge >= 0.3 is 18.0 Å². The van der Waals surface area contributed by atoms with Crippen LogP contribution in [-0.2, 0) is 54.5 Å². The maximum absolute atomic E-state index is 13.7. The zero-order valence-electron chi connectivity index (χ0n) is 35.0. The van der Waals surface area contributed by atoms with Crippen molar-refractivity contribution in [3.05, 3.63) is 29.8 Å². The highest BCUT2D eigenvalue weighted by Crippen LogP contribution is 2.18. The summed E-state index contributed by atoms with van der Waals surface area (Å²) in [4.78, 5) is 125. The van der Waals surface area contributed by atoms with Crippen LogP contribution < -0.4 is 37.6 Å². The third-order valence-corrected chi connectivity index (χ3v) is 9.37. The number of amides is 9. The lowest BCUT2D eigenvalue weighted by Gasteiger charge is -2.27. The molecule has 20 heteroatoms. The van der Waals surface area contributed by atoms with Crippen LogP contribution in [-0.4, -0.2) is 107 Å². The second-order valence-corrected chi connectivity index (χ2v) is 15.1. The van der Waals surface area contributed by atoms with Gasteiger partial charge in [-0.25, -0.2) is 4.79 Å². The van der Waals surface area contributed by atoms with Crippen LogP contribution in [0.3, 0.4) is 0 Å². The predicted molar refractivity (Wildman–Crippen MR) is 219 cm³/mol. The minimum absolute atomic E-state index is 0.0371. The van der Waals surface area contributed by atoms with E-state index in [0.29, 0.717) is 30.5 Å². The van der Waals surface area contributed by atoms with Crippen molar-refractivity contribution in [1.82, 2.24) is 31.5 Å². The Morgan fingerprint density at radius 2 is 1.48 bits per heavy atom. The molecule has 1 unspecified atom stereocenters. The lowest BCUT2D eigenvalue weighted by molar-refractivity contribution is -0.148. The molecule has 1 aromatic rings. The number of nitrogens with zero attached hydrogens (tertiary/aromatic N) is 1. The van der Waals surface area contributed by atoms with E-state index >= 15 is 0 Å². The van der Waals surface area contributed by atoms with E-state index in [4.69, 9.17) is 16.9 Å². The average Bonchev–Trinajstić information content (AvgIpc) is 3.47. The van der Waals surface area contributed by atoms with Gasteiger partial charge in [0, 0.05) is 38.0 Å². The first kappa shape index (κ1) is 50.6. The summed E-state index contributed by atoms with van der Waals surface area (Å²) < 4.78 is 5.23. The summed E-state index contributed by atoms with van der Waals surface area (Å²) in [6.07, 6.45) is 5.86. The SMILES string of the molecule is C#CC1CC(=O)N(CC(=O)NCCCCCC(=O)N[C@@H](CCC(=O)O)C(=O)N[C@H](C(=O)N[C@@H](CCCNC(N)=O)C(=O)Nc2ccc(COC(=O)C(C)C)cc2)C(C)C)C1=O. The highest BCUT2D eigenvalue weighted by Gasteiger charge is 2.38. The summed E-state index contributed by atoms with van der Waals surface area (Å²) in [6, 6.07) is 2.03. The van der Waals surface area contributed by atoms with E-state index in [9.17, 15) is 53.1 Å². The number of hydrogen-bond donors (Lipinski definition) is 8. The van der Waals surface area contributed by atoms with E-state index in [1.54, 1.807) is 52.0 Å². The summed E-state index contributed by atoms with van der Waals surface area (Å²) in [5, 5.41) is 24.9. The molecule has 334 valence electrons. The number of nitrogens with two attached hydrogens (primary N) is 1. The summed E-state index contributed by atoms with van der Waals surface area (Å²) in [6.45, 7) is 6.61. The fraction of sp³-hybridized carbons (Fsp3) is 0.561. The zero-order valence-corrected chi connectivity index (χ0v) is 35.0. The van der Waals surface area contributed by atoms with Crippen molar-refractivity contribution in [1.29, 1.82) is 0 Å². The molecule has 9 amide bonds. The highest BCUT2D eigenvalue weighted by molar-refractivity contribution is 6.07. The molecule has 61 heavy (non-hydrogen) atoms. The molecule has 0 radical (unpaired) electrons. The molecule has 1 aliphatic rings. The van der Waals surface area contributed by atoms with Crippen LogP contribution in [0, 0.1) is 30.1 Å². The topological polar surface area (TPSA) is 302 Å². The molecule has 0 aromatic heterocycles. The van der Waals surface area contributed by atoms with Crippen LogP contribution in [0.15, 0.2) is 24.3 Å². The van der Waals surface area contributed by atoms with Crippen molar-refractivity contribution in [3.63, 3.8) is 0 Å². The Kier molecular flexibility index (Phi) is 21.5. The van der Waals surface area contributed by atoms with Gasteiger partial charge in [0.1, 0.15) is 37.2 Å². The van der Waals surface area contributed by atoms with Crippen molar-refractivity contribution in [2.45, 2.75) is 110 Å². The molecular formula is C41H58N8O12. The number of rotatable bonds is 26. The van der Waals surface area contributed by atoms with Gasteiger partial charge < -0.3 is 47.5 Å². The number of carbonyl (C=O) groups is 10. The second kappa shape index (κ2) is 25.9. The van der Waals surface area contributed by atoms with Crippen LogP contribution in [0.2, 0.25) is 0 Å². The summed E-state index contributed by atoms with van der Waals surface area (Å²) in [5.74, 6) is -5.42. The number of carboxylic acid groups (broad SMARTS) is 1. The van der Waals surface area contributed by atoms with Gasteiger partial charge in [0.2, 0.25) is 41.4 Å². The summed E-state index contributed by atoms with van der Waals surface area (Å²) >= 11 is 0. The van der Waals surface area contributed by atoms with E-state index in [0.717, 1.165) is 4.90 Å². The lowest BCUT2D eigenvalue weighted by atomic mass is 10.0. The Morgan fingerprint density at radius 3 is 2.07 bits per heavy atom. The van der Waals surface area contributed by atoms with Gasteiger partial charge in [0.25, 0.3) is 0 Å². The number of primary amides is 1. The zero-order chi connectivity index (χ0) is 45.6. The quantitative estimate of drug-likeness (QED) is 0.0273. The minimum Gasteiger partial charge on any atom is -0.481 e. The summed E-state index contributed by atoms with van der Waals surface area (Å²) in [7, 11) is 0. The number of carbonyl (C=O) groups excluding carboxylic acids is 9. The van der Waals surface area contributed by atoms with Crippen molar-refractivity contribution in [2.75, 3.05) is 25.0 Å². The van der Waals surface area contributed by atoms with Crippen molar-refractivity contribution in [2.24, 2.45) is 23.5 Å². The Labute approximate surface area is 354 Å². The van der Waals surface area contributed by atoms with Gasteiger partial charge in [-0.3, -0.25) is 48.1 Å². The fourth-order valence-electron chi connectivity index (χ4n) is 5.87. The second-order valence-electron chi connectivity index (χ2n) is 15.1. The number of aliphatic carboxylic acids is 1. The highest BCUT2D eigenvalue weighted by atomic mass is 16.5. The maximum atomic E-state index is 13.7. The third-order valence-electron chi connectivity index (χ3n) is 9.37. The molecule has 0 aliphatic carbocycles. The van der Waals surface area contributed by atoms with Gasteiger partial charge in [-0.2, -0.15) is 0 Å². The number of carboxylic acids is 1. The Balaban J connectivity index is 2.00. The Bertz CT molecular complexity index is 1790.